The van der Waals surface area contributed by atoms with Crippen LogP contribution in [0.5, 0.6) is 0 Å². The number of carboxylic acids is 3. The minimum absolute atomic E-state index is 0.131. The second kappa shape index (κ2) is 21.9. The average molecular weight is 1010 g/mol. The minimum atomic E-state index is -3.31. The Bertz CT molecular complexity index is 1650. The van der Waals surface area contributed by atoms with Crippen molar-refractivity contribution in [2.75, 3.05) is 24.2 Å². The van der Waals surface area contributed by atoms with Gasteiger partial charge in [-0.15, -0.1) is 0 Å². The molecule has 16 atom stereocenters. The van der Waals surface area contributed by atoms with Gasteiger partial charge in [-0.1, -0.05) is 22.6 Å². The number of hydroxylamine groups is 1. The minimum Gasteiger partial charge on any atom is -0.477 e. The van der Waals surface area contributed by atoms with Crippen molar-refractivity contribution in [2.24, 2.45) is 0 Å². The third-order valence-electron chi connectivity index (χ3n) is 9.95. The number of hydrogen-bond donors (Lipinski definition) is 15. The molecule has 0 aromatic heterocycles. The summed E-state index contributed by atoms with van der Waals surface area (Å²) in [6.07, 6.45) is -24.9. The van der Waals surface area contributed by atoms with Crippen molar-refractivity contribution < 1.29 is 118 Å². The molecule has 62 heavy (non-hydrogen) atoms. The number of aliphatic carboxylic acids is 3. The zero-order chi connectivity index (χ0) is 47.1. The molecular weight excluding hydrogens is 963 g/mol. The Hall–Kier alpha value is -3.54. The smallest absolute Gasteiger partial charge is 0.364 e. The van der Waals surface area contributed by atoms with Crippen molar-refractivity contribution in [1.82, 2.24) is 21.4 Å². The number of carbonyl (C=O) groups is 7. The number of halogens is 1. The quantitative estimate of drug-likeness (QED) is 0.0306. The van der Waals surface area contributed by atoms with E-state index in [2.05, 4.69) is 21.4 Å². The normalized spacial score (nSPS) is 35.6. The lowest BCUT2D eigenvalue weighted by Crippen LogP contribution is -2.71. The van der Waals surface area contributed by atoms with Crippen molar-refractivity contribution in [1.29, 1.82) is 0 Å². The maximum absolute atomic E-state index is 13.0. The Balaban J connectivity index is 2.05. The van der Waals surface area contributed by atoms with Crippen molar-refractivity contribution in [3.63, 3.8) is 0 Å². The van der Waals surface area contributed by atoms with Gasteiger partial charge < -0.3 is 101 Å². The van der Waals surface area contributed by atoms with Crippen molar-refractivity contribution in [2.45, 2.75) is 137 Å². The van der Waals surface area contributed by atoms with E-state index in [1.807, 2.05) is 0 Å². The molecule has 0 aromatic rings. The SMILES string of the molecule is CC(=O)NC1C(O)CC(OC(CO)C(O)C2OC(OC(CO)C(O)C3OC(O)(C(=O)O)CC(O)C3NC(C)=O)(C(=O)O)CC(O)C2NC(C)=O)(C(=O)O)OC1CNOC(=O)CI. The number of carboxylic acid groups (broad SMARTS) is 3. The number of aliphatic hydroxyl groups is 8. The number of hydrogen-bond acceptors (Lipinski definition) is 22. The number of alkyl halides is 1. The Morgan fingerprint density at radius 2 is 1.06 bits per heavy atom. The third-order valence-corrected chi connectivity index (χ3v) is 10.6. The second-order valence-electron chi connectivity index (χ2n) is 14.6. The first-order valence-corrected chi connectivity index (χ1v) is 20.1. The van der Waals surface area contributed by atoms with E-state index >= 15 is 0 Å². The summed E-state index contributed by atoms with van der Waals surface area (Å²) < 4.78 is 27.6. The second-order valence-corrected chi connectivity index (χ2v) is 15.4. The van der Waals surface area contributed by atoms with Crippen LogP contribution in [0.3, 0.4) is 0 Å². The topological polar surface area (TPSA) is 446 Å². The molecular formula is C33H51IN4O24. The molecule has 16 unspecified atom stereocenters. The van der Waals surface area contributed by atoms with E-state index in [4.69, 9.17) is 28.5 Å². The van der Waals surface area contributed by atoms with Gasteiger partial charge in [0.25, 0.3) is 17.4 Å². The highest BCUT2D eigenvalue weighted by Crippen LogP contribution is 2.39. The maximum atomic E-state index is 13.0. The molecule has 3 heterocycles. The number of rotatable bonds is 20. The summed E-state index contributed by atoms with van der Waals surface area (Å²) in [4.78, 5) is 90.5. The van der Waals surface area contributed by atoms with Gasteiger partial charge in [0, 0.05) is 40.0 Å². The Kier molecular flexibility index (Phi) is 18.6. The molecule has 0 aliphatic carbocycles. The Morgan fingerprint density at radius 3 is 1.47 bits per heavy atom. The van der Waals surface area contributed by atoms with Gasteiger partial charge in [-0.25, -0.2) is 19.2 Å². The van der Waals surface area contributed by atoms with Crippen LogP contribution in [0.1, 0.15) is 40.0 Å². The molecule has 15 N–H and O–H groups in total. The maximum Gasteiger partial charge on any atom is 0.364 e. The molecule has 0 aromatic carbocycles. The summed E-state index contributed by atoms with van der Waals surface area (Å²) in [7, 11) is 0. The van der Waals surface area contributed by atoms with Crippen LogP contribution in [-0.2, 0) is 62.1 Å². The summed E-state index contributed by atoms with van der Waals surface area (Å²) >= 11 is 1.68. The number of carbonyl (C=O) groups excluding carboxylic acids is 4. The summed E-state index contributed by atoms with van der Waals surface area (Å²) in [5.41, 5.74) is 2.21. The molecule has 29 heteroatoms. The lowest BCUT2D eigenvalue weighted by Gasteiger charge is -2.50. The van der Waals surface area contributed by atoms with E-state index in [1.54, 1.807) is 22.6 Å². The standard InChI is InChI=1S/C33H51IN4O24/c1-11(41)36-21-15(45)5-32(29(52)53,57-17(21)8-35-62-20(47)7-34)58-19(10-40)25(49)27-23(38-13(3)43)16(46)6-33(61-27,30(54)55)59-18(9-39)24(48)26-22(37-12(2)42)14(44)4-31(56,60-26)28(50)51/h14-19,21-27,35,39-40,44-46,48-49,56H,4-10H2,1-3H3,(H,36,41)(H,37,42)(H,38,43)(H,50,51)(H,52,53)(H,54,55). The first-order valence-electron chi connectivity index (χ1n) is 18.5. The molecule has 3 fully saturated rings. The number of ether oxygens (including phenoxy) is 5. The lowest BCUT2D eigenvalue weighted by molar-refractivity contribution is -0.353. The molecule has 0 bridgehead atoms. The largest absolute Gasteiger partial charge is 0.477 e. The van der Waals surface area contributed by atoms with Crippen LogP contribution >= 0.6 is 22.6 Å². The molecule has 354 valence electrons. The molecule has 28 nitrogen and oxygen atoms in total. The van der Waals surface area contributed by atoms with Crippen molar-refractivity contribution in [3.05, 3.63) is 0 Å². The highest BCUT2D eigenvalue weighted by atomic mass is 127. The molecule has 3 aliphatic heterocycles. The predicted molar refractivity (Wildman–Crippen MR) is 202 cm³/mol. The summed E-state index contributed by atoms with van der Waals surface area (Å²) in [6.45, 7) is -0.426. The Morgan fingerprint density at radius 1 is 0.661 bits per heavy atom. The first-order chi connectivity index (χ1) is 28.8. The Labute approximate surface area is 363 Å². The van der Waals surface area contributed by atoms with Crippen LogP contribution in [0.15, 0.2) is 0 Å². The van der Waals surface area contributed by atoms with Gasteiger partial charge in [0.1, 0.15) is 36.6 Å². The van der Waals surface area contributed by atoms with E-state index < -0.39 is 177 Å². The van der Waals surface area contributed by atoms with Crippen LogP contribution in [0.25, 0.3) is 0 Å². The van der Waals surface area contributed by atoms with E-state index in [-0.39, 0.29) is 4.43 Å². The van der Waals surface area contributed by atoms with Gasteiger partial charge in [0.15, 0.2) is 0 Å². The zero-order valence-electron chi connectivity index (χ0n) is 33.1. The van der Waals surface area contributed by atoms with Crippen LogP contribution in [0.4, 0.5) is 0 Å². The molecule has 3 aliphatic rings. The average Bonchev–Trinajstić information content (AvgIpc) is 3.17. The van der Waals surface area contributed by atoms with Crippen molar-refractivity contribution in [3.8, 4) is 0 Å². The van der Waals surface area contributed by atoms with E-state index in [9.17, 15) is 89.7 Å². The van der Waals surface area contributed by atoms with Crippen molar-refractivity contribution >= 4 is 64.2 Å². The molecule has 0 spiro atoms. The number of nitrogens with one attached hydrogen (secondary N) is 4. The van der Waals surface area contributed by atoms with Gasteiger partial charge in [-0.3, -0.25) is 14.4 Å². The van der Waals surface area contributed by atoms with E-state index in [1.165, 1.54) is 0 Å². The fourth-order valence-corrected chi connectivity index (χ4v) is 7.33. The molecule has 0 saturated carbocycles. The van der Waals surface area contributed by atoms with Crippen LogP contribution in [0.2, 0.25) is 0 Å². The fourth-order valence-electron chi connectivity index (χ4n) is 7.18. The fraction of sp³-hybridized carbons (Fsp3) is 0.788. The van der Waals surface area contributed by atoms with Crippen LogP contribution < -0.4 is 21.4 Å². The zero-order valence-corrected chi connectivity index (χ0v) is 35.2. The third kappa shape index (κ3) is 12.4. The highest BCUT2D eigenvalue weighted by Gasteiger charge is 2.61. The molecule has 3 amide bonds. The monoisotopic (exact) mass is 1010 g/mol. The highest BCUT2D eigenvalue weighted by molar-refractivity contribution is 14.1. The lowest BCUT2D eigenvalue weighted by atomic mass is 9.87. The molecule has 0 radical (unpaired) electrons. The molecule has 3 saturated heterocycles. The van der Waals surface area contributed by atoms with Gasteiger partial charge in [-0.05, 0) is 0 Å². The summed E-state index contributed by atoms with van der Waals surface area (Å²) in [5.74, 6) is -19.1. The van der Waals surface area contributed by atoms with Gasteiger partial charge in [0.05, 0.1) is 66.7 Å². The van der Waals surface area contributed by atoms with E-state index in [0.717, 1.165) is 20.8 Å². The molecule has 3 rings (SSSR count). The summed E-state index contributed by atoms with van der Waals surface area (Å²) in [6, 6.07) is -4.98. The van der Waals surface area contributed by atoms with Crippen LogP contribution in [0, 0.1) is 0 Å². The number of aliphatic hydroxyl groups excluding tert-OH is 7. The summed E-state index contributed by atoms with van der Waals surface area (Å²) in [5, 5.41) is 125. The van der Waals surface area contributed by atoms with Gasteiger partial charge in [0.2, 0.25) is 17.7 Å². The predicted octanol–water partition coefficient (Wildman–Crippen LogP) is -7.76. The first kappa shape index (κ1) is 52.8. The number of amides is 3. The van der Waals surface area contributed by atoms with Gasteiger partial charge in [-0.2, -0.15) is 5.48 Å². The van der Waals surface area contributed by atoms with E-state index in [0.29, 0.717) is 0 Å². The van der Waals surface area contributed by atoms with Crippen LogP contribution in [-0.4, -0.2) is 218 Å². The van der Waals surface area contributed by atoms with Gasteiger partial charge >= 0.3 is 23.9 Å².